The summed E-state index contributed by atoms with van der Waals surface area (Å²) in [5.41, 5.74) is 2.76. The van der Waals surface area contributed by atoms with E-state index in [1.54, 1.807) is 12.3 Å². The highest BCUT2D eigenvalue weighted by molar-refractivity contribution is 6.34. The smallest absolute Gasteiger partial charge is 0.179 e. The van der Waals surface area contributed by atoms with E-state index in [2.05, 4.69) is 33.0 Å². The lowest BCUT2D eigenvalue weighted by Crippen LogP contribution is -2.23. The van der Waals surface area contributed by atoms with Crippen LogP contribution in [0.2, 0.25) is 5.02 Å². The lowest BCUT2D eigenvalue weighted by Gasteiger charge is -2.20. The van der Waals surface area contributed by atoms with E-state index < -0.39 is 0 Å². The molecule has 0 fully saturated rings. The fourth-order valence-electron chi connectivity index (χ4n) is 2.02. The first-order chi connectivity index (χ1) is 8.24. The van der Waals surface area contributed by atoms with E-state index in [9.17, 15) is 0 Å². The van der Waals surface area contributed by atoms with Gasteiger partial charge in [0.15, 0.2) is 5.65 Å². The minimum Gasteiger partial charge on any atom is -0.336 e. The van der Waals surface area contributed by atoms with Crippen molar-refractivity contribution in [2.24, 2.45) is 0 Å². The molecule has 88 valence electrons. The lowest BCUT2D eigenvalue weighted by molar-refractivity contribution is 0.369. The van der Waals surface area contributed by atoms with Crippen LogP contribution in [0.1, 0.15) is 12.2 Å². The second-order valence-electron chi connectivity index (χ2n) is 4.32. The lowest BCUT2D eigenvalue weighted by atomic mass is 10.1. The fraction of sp³-hybridized carbons (Fsp3) is 0.333. The molecular formula is C12H13ClN4. The van der Waals surface area contributed by atoms with Gasteiger partial charge < -0.3 is 9.88 Å². The first kappa shape index (κ1) is 10.7. The molecule has 0 aromatic carbocycles. The second-order valence-corrected chi connectivity index (χ2v) is 4.73. The fourth-order valence-corrected chi connectivity index (χ4v) is 2.21. The van der Waals surface area contributed by atoms with Crippen LogP contribution in [0.15, 0.2) is 18.3 Å². The van der Waals surface area contributed by atoms with Gasteiger partial charge in [-0.2, -0.15) is 0 Å². The predicted octanol–water partition coefficient (Wildman–Crippen LogP) is 2.33. The number of aromatic nitrogens is 3. The highest BCUT2D eigenvalue weighted by Gasteiger charge is 2.14. The molecule has 3 rings (SSSR count). The van der Waals surface area contributed by atoms with E-state index in [0.29, 0.717) is 10.7 Å². The van der Waals surface area contributed by atoms with Gasteiger partial charge in [0.05, 0.1) is 5.02 Å². The van der Waals surface area contributed by atoms with Crippen LogP contribution >= 0.6 is 11.6 Å². The molecule has 4 nitrogen and oxygen atoms in total. The van der Waals surface area contributed by atoms with Crippen molar-refractivity contribution in [3.05, 3.63) is 29.2 Å². The summed E-state index contributed by atoms with van der Waals surface area (Å²) in [6.45, 7) is 2.03. The van der Waals surface area contributed by atoms with Gasteiger partial charge in [-0.1, -0.05) is 17.7 Å². The highest BCUT2D eigenvalue weighted by atomic mass is 35.5. The molecule has 1 aliphatic rings. The summed E-state index contributed by atoms with van der Waals surface area (Å²) in [5.74, 6) is 0.897. The Bertz CT molecular complexity index is 587. The zero-order valence-electron chi connectivity index (χ0n) is 9.57. The Labute approximate surface area is 104 Å². The van der Waals surface area contributed by atoms with Gasteiger partial charge in [0.1, 0.15) is 11.3 Å². The maximum absolute atomic E-state index is 6.09. The van der Waals surface area contributed by atoms with Gasteiger partial charge in [-0.25, -0.2) is 9.97 Å². The number of fused-ring (bicyclic) bond motifs is 1. The van der Waals surface area contributed by atoms with Crippen LogP contribution in [-0.2, 0) is 0 Å². The molecule has 2 aromatic rings. The molecule has 2 aromatic heterocycles. The molecule has 0 bridgehead atoms. The van der Waals surface area contributed by atoms with Gasteiger partial charge in [-0.05, 0) is 25.1 Å². The molecule has 0 atom stereocenters. The van der Waals surface area contributed by atoms with Crippen LogP contribution in [0.4, 0.5) is 0 Å². The summed E-state index contributed by atoms with van der Waals surface area (Å²) in [7, 11) is 2.12. The number of likely N-dealkylation sites (N-methyl/N-ethyl adjacent to an activating group) is 1. The Kier molecular flexibility index (Phi) is 2.61. The Morgan fingerprint density at radius 1 is 1.47 bits per heavy atom. The summed E-state index contributed by atoms with van der Waals surface area (Å²) in [6, 6.07) is 1.77. The average molecular weight is 249 g/mol. The average Bonchev–Trinajstić information content (AvgIpc) is 2.75. The summed E-state index contributed by atoms with van der Waals surface area (Å²) in [5, 5.41) is 0.669. The number of rotatable bonds is 1. The number of hydrogen-bond acceptors (Lipinski definition) is 3. The molecule has 1 N–H and O–H groups in total. The Hall–Kier alpha value is -1.39. The van der Waals surface area contributed by atoms with Crippen LogP contribution in [0.5, 0.6) is 0 Å². The highest BCUT2D eigenvalue weighted by Crippen LogP contribution is 2.24. The first-order valence-corrected chi connectivity index (χ1v) is 6.00. The molecule has 0 spiro atoms. The monoisotopic (exact) mass is 248 g/mol. The van der Waals surface area contributed by atoms with Crippen molar-refractivity contribution in [3.8, 4) is 0 Å². The van der Waals surface area contributed by atoms with Crippen molar-refractivity contribution in [3.63, 3.8) is 0 Å². The van der Waals surface area contributed by atoms with E-state index >= 15 is 0 Å². The third-order valence-electron chi connectivity index (χ3n) is 3.06. The number of aromatic amines is 1. The number of nitrogens with zero attached hydrogens (tertiary/aromatic N) is 3. The Morgan fingerprint density at radius 3 is 3.06 bits per heavy atom. The van der Waals surface area contributed by atoms with Crippen LogP contribution in [0.3, 0.4) is 0 Å². The van der Waals surface area contributed by atoms with Crippen molar-refractivity contribution in [1.29, 1.82) is 0 Å². The maximum atomic E-state index is 6.09. The number of pyridine rings is 1. The molecular weight excluding hydrogens is 236 g/mol. The minimum absolute atomic E-state index is 0.669. The van der Waals surface area contributed by atoms with Crippen LogP contribution in [0, 0.1) is 0 Å². The molecule has 0 radical (unpaired) electrons. The number of imidazole rings is 1. The van der Waals surface area contributed by atoms with E-state index in [-0.39, 0.29) is 0 Å². The first-order valence-electron chi connectivity index (χ1n) is 5.62. The number of hydrogen-bond donors (Lipinski definition) is 1. The van der Waals surface area contributed by atoms with Gasteiger partial charge in [0.25, 0.3) is 0 Å². The molecule has 17 heavy (non-hydrogen) atoms. The Balaban J connectivity index is 2.04. The molecule has 0 amide bonds. The third-order valence-corrected chi connectivity index (χ3v) is 3.37. The summed E-state index contributed by atoms with van der Waals surface area (Å²) in [6.07, 6.45) is 4.89. The molecule has 1 aliphatic heterocycles. The van der Waals surface area contributed by atoms with Gasteiger partial charge in [0, 0.05) is 19.3 Å². The number of H-pyrrole nitrogens is 1. The molecule has 3 heterocycles. The zero-order valence-corrected chi connectivity index (χ0v) is 10.3. The standard InChI is InChI=1S/C12H13ClN4/c1-17-6-3-8(4-7-17)11-15-10-9(13)2-5-14-12(10)16-11/h2-3,5H,4,6-7H2,1H3,(H,14,15,16). The van der Waals surface area contributed by atoms with Crippen molar-refractivity contribution in [2.75, 3.05) is 20.1 Å². The second kappa shape index (κ2) is 4.13. The number of nitrogens with one attached hydrogen (secondary N) is 1. The molecule has 0 aliphatic carbocycles. The summed E-state index contributed by atoms with van der Waals surface area (Å²) in [4.78, 5) is 14.2. The Morgan fingerprint density at radius 2 is 2.35 bits per heavy atom. The van der Waals surface area contributed by atoms with E-state index in [4.69, 9.17) is 11.6 Å². The molecule has 5 heteroatoms. The van der Waals surface area contributed by atoms with Crippen LogP contribution in [-0.4, -0.2) is 40.0 Å². The maximum Gasteiger partial charge on any atom is 0.179 e. The minimum atomic E-state index is 0.669. The van der Waals surface area contributed by atoms with E-state index in [1.165, 1.54) is 5.57 Å². The molecule has 0 saturated heterocycles. The third kappa shape index (κ3) is 1.94. The van der Waals surface area contributed by atoms with Gasteiger partial charge in [-0.3, -0.25) is 0 Å². The van der Waals surface area contributed by atoms with E-state index in [0.717, 1.165) is 30.9 Å². The molecule has 0 unspecified atom stereocenters. The predicted molar refractivity (Wildman–Crippen MR) is 69.0 cm³/mol. The van der Waals surface area contributed by atoms with Crippen molar-refractivity contribution in [1.82, 2.24) is 19.9 Å². The quantitative estimate of drug-likeness (QED) is 0.843. The summed E-state index contributed by atoms with van der Waals surface area (Å²) >= 11 is 6.09. The SMILES string of the molecule is CN1CC=C(c2nc3nccc(Cl)c3[nH]2)CC1. The van der Waals surface area contributed by atoms with Gasteiger partial charge in [-0.15, -0.1) is 0 Å². The normalized spacial score (nSPS) is 17.4. The van der Waals surface area contributed by atoms with Gasteiger partial charge >= 0.3 is 0 Å². The number of halogens is 1. The largest absolute Gasteiger partial charge is 0.336 e. The van der Waals surface area contributed by atoms with Crippen molar-refractivity contribution < 1.29 is 0 Å². The van der Waals surface area contributed by atoms with Gasteiger partial charge in [0.2, 0.25) is 0 Å². The summed E-state index contributed by atoms with van der Waals surface area (Å²) < 4.78 is 0. The molecule has 0 saturated carbocycles. The zero-order chi connectivity index (χ0) is 11.8. The van der Waals surface area contributed by atoms with Crippen molar-refractivity contribution >= 4 is 28.3 Å². The van der Waals surface area contributed by atoms with Crippen LogP contribution in [0.25, 0.3) is 16.7 Å². The topological polar surface area (TPSA) is 44.8 Å². The van der Waals surface area contributed by atoms with Crippen molar-refractivity contribution in [2.45, 2.75) is 6.42 Å². The van der Waals surface area contributed by atoms with Crippen LogP contribution < -0.4 is 0 Å². The van der Waals surface area contributed by atoms with E-state index in [1.807, 2.05) is 0 Å².